The van der Waals surface area contributed by atoms with Crippen LogP contribution in [0.1, 0.15) is 19.3 Å². The molecule has 7 heteroatoms. The highest BCUT2D eigenvalue weighted by atomic mass is 16.5. The Morgan fingerprint density at radius 1 is 1.12 bits per heavy atom. The molecule has 4 N–H and O–H groups in total. The van der Waals surface area contributed by atoms with Crippen LogP contribution in [0.25, 0.3) is 11.3 Å². The lowest BCUT2D eigenvalue weighted by molar-refractivity contribution is -0.0153. The Balaban J connectivity index is 1.49. The molecule has 2 saturated heterocycles. The largest absolute Gasteiger partial charge is 0.507 e. The molecule has 2 aromatic rings. The van der Waals surface area contributed by atoms with E-state index in [4.69, 9.17) is 10.5 Å². The van der Waals surface area contributed by atoms with Crippen LogP contribution in [0.3, 0.4) is 0 Å². The highest BCUT2D eigenvalue weighted by molar-refractivity contribution is 5.74. The molecular weight excluding hydrogens is 330 g/mol. The van der Waals surface area contributed by atoms with Crippen molar-refractivity contribution in [2.24, 2.45) is 0 Å². The Labute approximate surface area is 153 Å². The number of phenols is 1. The van der Waals surface area contributed by atoms with Gasteiger partial charge in [0, 0.05) is 18.7 Å². The molecule has 0 unspecified atom stereocenters. The number of aromatic nitrogens is 2. The first-order chi connectivity index (χ1) is 12.7. The number of hydrogen-bond donors (Lipinski definition) is 3. The van der Waals surface area contributed by atoms with Crippen LogP contribution >= 0.6 is 0 Å². The Morgan fingerprint density at radius 3 is 2.73 bits per heavy atom. The van der Waals surface area contributed by atoms with Crippen molar-refractivity contribution in [3.05, 3.63) is 30.3 Å². The van der Waals surface area contributed by atoms with Gasteiger partial charge in [-0.3, -0.25) is 0 Å². The molecule has 0 amide bonds. The van der Waals surface area contributed by atoms with Crippen molar-refractivity contribution >= 4 is 11.5 Å². The van der Waals surface area contributed by atoms with Crippen molar-refractivity contribution in [1.29, 1.82) is 0 Å². The SMILES string of the molecule is Nc1nnc(-c2ccccc2O)cc1N1CC[C@H](OC2CCNCC2)C1. The molecular formula is C19H25N5O2. The maximum absolute atomic E-state index is 10.1. The van der Waals surface area contributed by atoms with Crippen molar-refractivity contribution < 1.29 is 9.84 Å². The number of ether oxygens (including phenoxy) is 1. The Morgan fingerprint density at radius 2 is 1.92 bits per heavy atom. The molecule has 0 spiro atoms. The summed E-state index contributed by atoms with van der Waals surface area (Å²) in [6.45, 7) is 3.75. The van der Waals surface area contributed by atoms with Gasteiger partial charge in [0.2, 0.25) is 0 Å². The highest BCUT2D eigenvalue weighted by Crippen LogP contribution is 2.33. The second kappa shape index (κ2) is 7.47. The molecule has 26 heavy (non-hydrogen) atoms. The average molecular weight is 355 g/mol. The maximum Gasteiger partial charge on any atom is 0.169 e. The minimum absolute atomic E-state index is 0.186. The second-order valence-electron chi connectivity index (χ2n) is 6.96. The van der Waals surface area contributed by atoms with E-state index in [1.54, 1.807) is 12.1 Å². The predicted octanol–water partition coefficient (Wildman–Crippen LogP) is 1.78. The second-order valence-corrected chi connectivity index (χ2v) is 6.96. The Hall–Kier alpha value is -2.38. The van der Waals surface area contributed by atoms with Crippen LogP contribution in [0.4, 0.5) is 11.5 Å². The molecule has 2 aliphatic rings. The zero-order chi connectivity index (χ0) is 17.9. The number of para-hydroxylation sites is 1. The van der Waals surface area contributed by atoms with Gasteiger partial charge in [-0.05, 0) is 50.6 Å². The zero-order valence-electron chi connectivity index (χ0n) is 14.8. The molecule has 2 fully saturated rings. The average Bonchev–Trinajstić information content (AvgIpc) is 3.12. The van der Waals surface area contributed by atoms with E-state index in [1.807, 2.05) is 18.2 Å². The number of nitrogens with two attached hydrogens (primary N) is 1. The number of phenolic OH excluding ortho intramolecular Hbond substituents is 1. The fourth-order valence-electron chi connectivity index (χ4n) is 3.73. The molecule has 1 aromatic heterocycles. The lowest BCUT2D eigenvalue weighted by atomic mass is 10.1. The van der Waals surface area contributed by atoms with E-state index in [0.29, 0.717) is 23.2 Å². The van der Waals surface area contributed by atoms with Gasteiger partial charge >= 0.3 is 0 Å². The van der Waals surface area contributed by atoms with Crippen LogP contribution in [0.5, 0.6) is 5.75 Å². The number of benzene rings is 1. The first-order valence-electron chi connectivity index (χ1n) is 9.23. The fourth-order valence-corrected chi connectivity index (χ4v) is 3.73. The number of anilines is 2. The van der Waals surface area contributed by atoms with E-state index in [9.17, 15) is 5.11 Å². The van der Waals surface area contributed by atoms with Gasteiger partial charge in [0.05, 0.1) is 23.6 Å². The summed E-state index contributed by atoms with van der Waals surface area (Å²) in [7, 11) is 0. The van der Waals surface area contributed by atoms with Crippen LogP contribution in [-0.2, 0) is 4.74 Å². The molecule has 2 aliphatic heterocycles. The fraction of sp³-hybridized carbons (Fsp3) is 0.474. The smallest absolute Gasteiger partial charge is 0.169 e. The number of aromatic hydroxyl groups is 1. The number of piperidine rings is 1. The van der Waals surface area contributed by atoms with E-state index in [-0.39, 0.29) is 11.9 Å². The van der Waals surface area contributed by atoms with Gasteiger partial charge in [-0.1, -0.05) is 12.1 Å². The summed E-state index contributed by atoms with van der Waals surface area (Å²) in [4.78, 5) is 2.21. The number of nitrogens with zero attached hydrogens (tertiary/aromatic N) is 3. The minimum Gasteiger partial charge on any atom is -0.507 e. The minimum atomic E-state index is 0.186. The van der Waals surface area contributed by atoms with Crippen LogP contribution in [0.15, 0.2) is 30.3 Å². The topological polar surface area (TPSA) is 96.5 Å². The monoisotopic (exact) mass is 355 g/mol. The third kappa shape index (κ3) is 3.59. The summed E-state index contributed by atoms with van der Waals surface area (Å²) in [5, 5.41) is 21.7. The molecule has 138 valence electrons. The van der Waals surface area contributed by atoms with Crippen LogP contribution in [-0.4, -0.2) is 53.7 Å². The van der Waals surface area contributed by atoms with E-state index in [2.05, 4.69) is 20.4 Å². The molecule has 4 rings (SSSR count). The van der Waals surface area contributed by atoms with E-state index in [1.165, 1.54) is 0 Å². The lowest BCUT2D eigenvalue weighted by Gasteiger charge is -2.26. The van der Waals surface area contributed by atoms with E-state index < -0.39 is 0 Å². The predicted molar refractivity (Wildman–Crippen MR) is 101 cm³/mol. The molecule has 0 radical (unpaired) electrons. The Kier molecular flexibility index (Phi) is 4.90. The molecule has 1 atom stereocenters. The first-order valence-corrected chi connectivity index (χ1v) is 9.23. The van der Waals surface area contributed by atoms with Gasteiger partial charge in [0.1, 0.15) is 5.75 Å². The van der Waals surface area contributed by atoms with Crippen LogP contribution in [0.2, 0.25) is 0 Å². The summed E-state index contributed by atoms with van der Waals surface area (Å²) < 4.78 is 6.28. The van der Waals surface area contributed by atoms with E-state index >= 15 is 0 Å². The quantitative estimate of drug-likeness (QED) is 0.769. The van der Waals surface area contributed by atoms with Crippen molar-refractivity contribution in [1.82, 2.24) is 15.5 Å². The normalized spacial score (nSPS) is 21.2. The highest BCUT2D eigenvalue weighted by Gasteiger charge is 2.28. The zero-order valence-corrected chi connectivity index (χ0v) is 14.8. The maximum atomic E-state index is 10.1. The summed E-state index contributed by atoms with van der Waals surface area (Å²) in [5.41, 5.74) is 8.22. The van der Waals surface area contributed by atoms with Gasteiger partial charge in [0.15, 0.2) is 5.82 Å². The molecule has 7 nitrogen and oxygen atoms in total. The Bertz CT molecular complexity index is 763. The van der Waals surface area contributed by atoms with Crippen molar-refractivity contribution in [2.45, 2.75) is 31.5 Å². The van der Waals surface area contributed by atoms with Gasteiger partial charge < -0.3 is 25.8 Å². The van der Waals surface area contributed by atoms with Crippen LogP contribution in [0, 0.1) is 0 Å². The summed E-state index contributed by atoms with van der Waals surface area (Å²) in [6, 6.07) is 9.03. The van der Waals surface area contributed by atoms with Crippen molar-refractivity contribution in [3.8, 4) is 17.0 Å². The molecule has 1 aromatic carbocycles. The summed E-state index contributed by atoms with van der Waals surface area (Å²) in [5.74, 6) is 0.595. The van der Waals surface area contributed by atoms with Crippen molar-refractivity contribution in [2.75, 3.05) is 36.8 Å². The molecule has 0 bridgehead atoms. The summed E-state index contributed by atoms with van der Waals surface area (Å²) >= 11 is 0. The van der Waals surface area contributed by atoms with Crippen molar-refractivity contribution in [3.63, 3.8) is 0 Å². The summed E-state index contributed by atoms with van der Waals surface area (Å²) in [6.07, 6.45) is 3.71. The lowest BCUT2D eigenvalue weighted by Crippen LogP contribution is -2.35. The van der Waals surface area contributed by atoms with Gasteiger partial charge in [-0.25, -0.2) is 0 Å². The number of nitrogens with one attached hydrogen (secondary N) is 1. The third-order valence-corrected chi connectivity index (χ3v) is 5.14. The molecule has 0 saturated carbocycles. The van der Waals surface area contributed by atoms with Crippen LogP contribution < -0.4 is 16.0 Å². The van der Waals surface area contributed by atoms with Gasteiger partial charge in [-0.2, -0.15) is 0 Å². The third-order valence-electron chi connectivity index (χ3n) is 5.14. The molecule has 3 heterocycles. The first kappa shape index (κ1) is 17.1. The molecule has 0 aliphatic carbocycles. The standard InChI is InChI=1S/C19H25N5O2/c20-19-17(11-16(22-23-19)15-3-1-2-4-18(15)25)24-10-7-14(12-24)26-13-5-8-21-9-6-13/h1-4,11,13-14,21,25H,5-10,12H2,(H2,20,23)/t14-/m0/s1. The number of hydrogen-bond acceptors (Lipinski definition) is 7. The number of nitrogen functional groups attached to an aromatic ring is 1. The van der Waals surface area contributed by atoms with E-state index in [0.717, 1.165) is 51.1 Å². The van der Waals surface area contributed by atoms with Gasteiger partial charge in [0.25, 0.3) is 0 Å². The van der Waals surface area contributed by atoms with Gasteiger partial charge in [-0.15, -0.1) is 10.2 Å². The number of rotatable bonds is 4.